The van der Waals surface area contributed by atoms with E-state index in [1.165, 1.54) is 6.08 Å². The maximum absolute atomic E-state index is 11.1. The molecular weight excluding hydrogens is 168 g/mol. The third-order valence-corrected chi connectivity index (χ3v) is 1.88. The molecule has 0 amide bonds. The highest BCUT2D eigenvalue weighted by Crippen LogP contribution is 2.15. The van der Waals surface area contributed by atoms with E-state index in [0.717, 1.165) is 38.0 Å². The number of esters is 1. The lowest BCUT2D eigenvalue weighted by Gasteiger charge is -2.00. The highest BCUT2D eigenvalue weighted by Gasteiger charge is 2.09. The molecule has 1 rings (SSSR count). The van der Waals surface area contributed by atoms with E-state index in [2.05, 4.69) is 6.92 Å². The Balaban J connectivity index is 2.19. The quantitative estimate of drug-likeness (QED) is 0.381. The van der Waals surface area contributed by atoms with Gasteiger partial charge in [0, 0.05) is 6.42 Å². The summed E-state index contributed by atoms with van der Waals surface area (Å²) in [7, 11) is 0. The number of hydrogen-bond donors (Lipinski definition) is 0. The molecule has 13 heavy (non-hydrogen) atoms. The summed E-state index contributed by atoms with van der Waals surface area (Å²) in [5, 5.41) is 0. The molecule has 1 aliphatic rings. The third kappa shape index (κ3) is 3.97. The summed E-state index contributed by atoms with van der Waals surface area (Å²) in [6.45, 7) is 3.31. The molecule has 0 aromatic rings. The van der Waals surface area contributed by atoms with Crippen LogP contribution in [0.2, 0.25) is 0 Å². The standard InChI is InChI=1S/C10H16O3/c1-2-3-6-13-10(11)8-9-5-4-7-12-9/h8H,2-7H2,1H3/b9-8+. The summed E-state index contributed by atoms with van der Waals surface area (Å²) in [6, 6.07) is 0. The van der Waals surface area contributed by atoms with Crippen LogP contribution in [0.3, 0.4) is 0 Å². The predicted octanol–water partition coefficient (Wildman–Crippen LogP) is 2.02. The first kappa shape index (κ1) is 10.1. The molecule has 0 unspecified atom stereocenters. The van der Waals surface area contributed by atoms with E-state index in [0.29, 0.717) is 6.61 Å². The zero-order valence-electron chi connectivity index (χ0n) is 8.04. The van der Waals surface area contributed by atoms with E-state index in [1.54, 1.807) is 0 Å². The Labute approximate surface area is 78.7 Å². The fraction of sp³-hybridized carbons (Fsp3) is 0.700. The van der Waals surface area contributed by atoms with E-state index in [-0.39, 0.29) is 5.97 Å². The SMILES string of the molecule is CCCCOC(=O)/C=C1\CCCO1. The molecule has 1 heterocycles. The topological polar surface area (TPSA) is 35.5 Å². The lowest BCUT2D eigenvalue weighted by atomic mass is 10.3. The average molecular weight is 184 g/mol. The van der Waals surface area contributed by atoms with Crippen LogP contribution in [0.1, 0.15) is 32.6 Å². The van der Waals surface area contributed by atoms with Gasteiger partial charge in [0.25, 0.3) is 0 Å². The molecule has 74 valence electrons. The van der Waals surface area contributed by atoms with Gasteiger partial charge in [0.15, 0.2) is 0 Å². The molecule has 1 aliphatic heterocycles. The highest BCUT2D eigenvalue weighted by molar-refractivity contribution is 5.82. The molecule has 0 aliphatic carbocycles. The summed E-state index contributed by atoms with van der Waals surface area (Å²) in [6.07, 6.45) is 5.30. The van der Waals surface area contributed by atoms with Crippen LogP contribution in [0.4, 0.5) is 0 Å². The fourth-order valence-corrected chi connectivity index (χ4v) is 1.13. The lowest BCUT2D eigenvalue weighted by Crippen LogP contribution is -2.03. The summed E-state index contributed by atoms with van der Waals surface area (Å²) in [5.41, 5.74) is 0. The molecule has 0 radical (unpaired) electrons. The number of carbonyl (C=O) groups excluding carboxylic acids is 1. The van der Waals surface area contributed by atoms with Crippen molar-refractivity contribution in [1.29, 1.82) is 0 Å². The van der Waals surface area contributed by atoms with Gasteiger partial charge in [-0.05, 0) is 12.8 Å². The van der Waals surface area contributed by atoms with Gasteiger partial charge in [0.05, 0.1) is 19.3 Å². The fourth-order valence-electron chi connectivity index (χ4n) is 1.13. The van der Waals surface area contributed by atoms with Crippen molar-refractivity contribution in [1.82, 2.24) is 0 Å². The van der Waals surface area contributed by atoms with Crippen LogP contribution in [0.15, 0.2) is 11.8 Å². The minimum Gasteiger partial charge on any atom is -0.498 e. The van der Waals surface area contributed by atoms with Gasteiger partial charge in [-0.25, -0.2) is 4.79 Å². The molecule has 0 saturated carbocycles. The minimum absolute atomic E-state index is 0.273. The first-order chi connectivity index (χ1) is 6.33. The number of allylic oxidation sites excluding steroid dienone is 1. The van der Waals surface area contributed by atoms with Crippen molar-refractivity contribution in [2.45, 2.75) is 32.6 Å². The molecule has 1 fully saturated rings. The molecule has 1 saturated heterocycles. The predicted molar refractivity (Wildman–Crippen MR) is 49.1 cm³/mol. The second-order valence-electron chi connectivity index (χ2n) is 3.08. The van der Waals surface area contributed by atoms with Crippen molar-refractivity contribution in [3.63, 3.8) is 0 Å². The second-order valence-corrected chi connectivity index (χ2v) is 3.08. The van der Waals surface area contributed by atoms with Crippen LogP contribution in [0.25, 0.3) is 0 Å². The Kier molecular flexibility index (Phi) is 4.36. The van der Waals surface area contributed by atoms with Gasteiger partial charge in [-0.1, -0.05) is 13.3 Å². The number of ether oxygens (including phenoxy) is 2. The summed E-state index contributed by atoms with van der Waals surface area (Å²) in [4.78, 5) is 11.1. The smallest absolute Gasteiger partial charge is 0.334 e. The number of carbonyl (C=O) groups is 1. The summed E-state index contributed by atoms with van der Waals surface area (Å²) >= 11 is 0. The number of unbranched alkanes of at least 4 members (excludes halogenated alkanes) is 1. The zero-order chi connectivity index (χ0) is 9.52. The van der Waals surface area contributed by atoms with Gasteiger partial charge < -0.3 is 9.47 Å². The van der Waals surface area contributed by atoms with Gasteiger partial charge in [-0.2, -0.15) is 0 Å². The average Bonchev–Trinajstić information content (AvgIpc) is 2.57. The first-order valence-corrected chi connectivity index (χ1v) is 4.83. The molecule has 0 aromatic heterocycles. The van der Waals surface area contributed by atoms with Gasteiger partial charge >= 0.3 is 5.97 Å². The third-order valence-electron chi connectivity index (χ3n) is 1.88. The number of hydrogen-bond acceptors (Lipinski definition) is 3. The molecule has 0 bridgehead atoms. The van der Waals surface area contributed by atoms with E-state index in [1.807, 2.05) is 0 Å². The summed E-state index contributed by atoms with van der Waals surface area (Å²) < 4.78 is 10.1. The van der Waals surface area contributed by atoms with Gasteiger partial charge in [-0.3, -0.25) is 0 Å². The molecule has 0 spiro atoms. The van der Waals surface area contributed by atoms with Crippen LogP contribution >= 0.6 is 0 Å². The minimum atomic E-state index is -0.273. The molecular formula is C10H16O3. The van der Waals surface area contributed by atoms with Crippen molar-refractivity contribution in [3.8, 4) is 0 Å². The highest BCUT2D eigenvalue weighted by atomic mass is 16.5. The second kappa shape index (κ2) is 5.62. The molecule has 0 N–H and O–H groups in total. The Hall–Kier alpha value is -0.990. The summed E-state index contributed by atoms with van der Waals surface area (Å²) in [5.74, 6) is 0.492. The van der Waals surface area contributed by atoms with E-state index in [4.69, 9.17) is 9.47 Å². The lowest BCUT2D eigenvalue weighted by molar-refractivity contribution is -0.138. The van der Waals surface area contributed by atoms with Gasteiger partial charge in [0.2, 0.25) is 0 Å². The Morgan fingerprint density at radius 2 is 2.54 bits per heavy atom. The Morgan fingerprint density at radius 1 is 1.69 bits per heavy atom. The largest absolute Gasteiger partial charge is 0.498 e. The molecule has 3 heteroatoms. The van der Waals surface area contributed by atoms with Crippen molar-refractivity contribution in [2.75, 3.05) is 13.2 Å². The maximum atomic E-state index is 11.1. The monoisotopic (exact) mass is 184 g/mol. The van der Waals surface area contributed by atoms with E-state index >= 15 is 0 Å². The zero-order valence-corrected chi connectivity index (χ0v) is 8.04. The van der Waals surface area contributed by atoms with Crippen molar-refractivity contribution in [2.24, 2.45) is 0 Å². The van der Waals surface area contributed by atoms with Crippen LogP contribution in [0, 0.1) is 0 Å². The van der Waals surface area contributed by atoms with Crippen molar-refractivity contribution in [3.05, 3.63) is 11.8 Å². The molecule has 0 aromatic carbocycles. The van der Waals surface area contributed by atoms with Gasteiger partial charge in [-0.15, -0.1) is 0 Å². The Bertz CT molecular complexity index is 188. The first-order valence-electron chi connectivity index (χ1n) is 4.83. The van der Waals surface area contributed by atoms with Crippen LogP contribution in [-0.4, -0.2) is 19.2 Å². The van der Waals surface area contributed by atoms with E-state index in [9.17, 15) is 4.79 Å². The maximum Gasteiger partial charge on any atom is 0.334 e. The molecule has 0 atom stereocenters. The normalized spacial score (nSPS) is 18.7. The van der Waals surface area contributed by atoms with Crippen LogP contribution < -0.4 is 0 Å². The van der Waals surface area contributed by atoms with Crippen LogP contribution in [0.5, 0.6) is 0 Å². The molecule has 3 nitrogen and oxygen atoms in total. The number of rotatable bonds is 4. The van der Waals surface area contributed by atoms with Gasteiger partial charge in [0.1, 0.15) is 5.76 Å². The van der Waals surface area contributed by atoms with Crippen LogP contribution in [-0.2, 0) is 14.3 Å². The van der Waals surface area contributed by atoms with Crippen molar-refractivity contribution >= 4 is 5.97 Å². The Morgan fingerprint density at radius 3 is 3.15 bits per heavy atom. The van der Waals surface area contributed by atoms with Crippen molar-refractivity contribution < 1.29 is 14.3 Å². The van der Waals surface area contributed by atoms with E-state index < -0.39 is 0 Å².